The molecule has 1 rings (SSSR count). The minimum atomic E-state index is -3.56. The first-order valence-electron chi connectivity index (χ1n) is 7.56. The molecule has 6 heteroatoms. The van der Waals surface area contributed by atoms with Crippen molar-refractivity contribution in [1.82, 2.24) is 5.32 Å². The van der Waals surface area contributed by atoms with Crippen molar-refractivity contribution in [2.24, 2.45) is 0 Å². The Morgan fingerprint density at radius 2 is 1.86 bits per heavy atom. The van der Waals surface area contributed by atoms with Crippen LogP contribution in [0, 0.1) is 13.8 Å². The fourth-order valence-corrected chi connectivity index (χ4v) is 3.49. The highest BCUT2D eigenvalue weighted by molar-refractivity contribution is 7.92. The summed E-state index contributed by atoms with van der Waals surface area (Å²) >= 11 is 0. The van der Waals surface area contributed by atoms with Gasteiger partial charge in [0.25, 0.3) is 0 Å². The SMILES string of the molecule is CCCNC(=O)[C@H](CC)N(c1ccc(C)c(C)c1)S(C)(=O)=O. The van der Waals surface area contributed by atoms with E-state index in [1.165, 1.54) is 4.31 Å². The lowest BCUT2D eigenvalue weighted by Crippen LogP contribution is -2.49. The van der Waals surface area contributed by atoms with Gasteiger partial charge in [-0.3, -0.25) is 9.10 Å². The number of carbonyl (C=O) groups excluding carboxylic acids is 1. The van der Waals surface area contributed by atoms with E-state index < -0.39 is 16.1 Å². The van der Waals surface area contributed by atoms with E-state index >= 15 is 0 Å². The molecule has 1 atom stereocenters. The third-order valence-electron chi connectivity index (χ3n) is 3.62. The number of nitrogens with zero attached hydrogens (tertiary/aromatic N) is 1. The summed E-state index contributed by atoms with van der Waals surface area (Å²) in [7, 11) is -3.56. The minimum absolute atomic E-state index is 0.256. The van der Waals surface area contributed by atoms with Gasteiger partial charge in [0.05, 0.1) is 11.9 Å². The van der Waals surface area contributed by atoms with E-state index in [0.717, 1.165) is 23.8 Å². The van der Waals surface area contributed by atoms with Crippen molar-refractivity contribution in [2.45, 2.75) is 46.6 Å². The normalized spacial score (nSPS) is 12.8. The van der Waals surface area contributed by atoms with Crippen LogP contribution in [0.3, 0.4) is 0 Å². The highest BCUT2D eigenvalue weighted by atomic mass is 32.2. The molecule has 1 amide bonds. The molecule has 0 fully saturated rings. The third-order valence-corrected chi connectivity index (χ3v) is 4.80. The Morgan fingerprint density at radius 1 is 1.23 bits per heavy atom. The predicted octanol–water partition coefficient (Wildman–Crippen LogP) is 2.37. The molecule has 1 aromatic rings. The molecular weight excluding hydrogens is 300 g/mol. The second-order valence-corrected chi connectivity index (χ2v) is 7.40. The largest absolute Gasteiger partial charge is 0.354 e. The molecule has 0 aliphatic rings. The molecule has 0 radical (unpaired) electrons. The number of anilines is 1. The second-order valence-electron chi connectivity index (χ2n) is 5.54. The molecule has 124 valence electrons. The van der Waals surface area contributed by atoms with E-state index in [1.54, 1.807) is 6.07 Å². The van der Waals surface area contributed by atoms with Crippen molar-refractivity contribution in [1.29, 1.82) is 0 Å². The van der Waals surface area contributed by atoms with Crippen LogP contribution in [0.5, 0.6) is 0 Å². The Bertz CT molecular complexity index is 626. The lowest BCUT2D eigenvalue weighted by atomic mass is 10.1. The van der Waals surface area contributed by atoms with Crippen LogP contribution in [0.25, 0.3) is 0 Å². The number of aryl methyl sites for hydroxylation is 2. The molecule has 0 heterocycles. The van der Waals surface area contributed by atoms with Gasteiger partial charge in [0.15, 0.2) is 0 Å². The van der Waals surface area contributed by atoms with E-state index in [2.05, 4.69) is 5.32 Å². The van der Waals surface area contributed by atoms with Crippen molar-refractivity contribution >= 4 is 21.6 Å². The number of rotatable bonds is 7. The maximum absolute atomic E-state index is 12.3. The summed E-state index contributed by atoms with van der Waals surface area (Å²) in [6, 6.07) is 4.70. The molecule has 0 bridgehead atoms. The molecule has 1 N–H and O–H groups in total. The van der Waals surface area contributed by atoms with Crippen molar-refractivity contribution < 1.29 is 13.2 Å². The monoisotopic (exact) mass is 326 g/mol. The average molecular weight is 326 g/mol. The van der Waals surface area contributed by atoms with Crippen molar-refractivity contribution in [3.05, 3.63) is 29.3 Å². The third kappa shape index (κ3) is 4.47. The molecule has 0 spiro atoms. The lowest BCUT2D eigenvalue weighted by molar-refractivity contribution is -0.122. The van der Waals surface area contributed by atoms with Crippen LogP contribution in [0.15, 0.2) is 18.2 Å². The van der Waals surface area contributed by atoms with Gasteiger partial charge < -0.3 is 5.32 Å². The van der Waals surface area contributed by atoms with Crippen LogP contribution in [0.2, 0.25) is 0 Å². The maximum Gasteiger partial charge on any atom is 0.243 e. The van der Waals surface area contributed by atoms with Gasteiger partial charge in [-0.15, -0.1) is 0 Å². The van der Waals surface area contributed by atoms with Crippen LogP contribution >= 0.6 is 0 Å². The zero-order valence-corrected chi connectivity index (χ0v) is 14.8. The average Bonchev–Trinajstić information content (AvgIpc) is 2.44. The van der Waals surface area contributed by atoms with Gasteiger partial charge in [-0.25, -0.2) is 8.42 Å². The summed E-state index contributed by atoms with van der Waals surface area (Å²) in [5, 5.41) is 2.79. The highest BCUT2D eigenvalue weighted by Gasteiger charge is 2.31. The minimum Gasteiger partial charge on any atom is -0.354 e. The number of nitrogens with one attached hydrogen (secondary N) is 1. The molecule has 5 nitrogen and oxygen atoms in total. The molecule has 0 aliphatic heterocycles. The Balaban J connectivity index is 3.27. The molecular formula is C16H26N2O3S. The number of hydrogen-bond acceptors (Lipinski definition) is 3. The van der Waals surface area contributed by atoms with Crippen molar-refractivity contribution in [2.75, 3.05) is 17.1 Å². The number of amides is 1. The smallest absolute Gasteiger partial charge is 0.243 e. The summed E-state index contributed by atoms with van der Waals surface area (Å²) in [6.45, 7) is 8.21. The molecule has 0 saturated carbocycles. The van der Waals surface area contributed by atoms with Gasteiger partial charge in [-0.2, -0.15) is 0 Å². The van der Waals surface area contributed by atoms with Crippen LogP contribution in [-0.2, 0) is 14.8 Å². The first-order chi connectivity index (χ1) is 10.2. The molecule has 22 heavy (non-hydrogen) atoms. The highest BCUT2D eigenvalue weighted by Crippen LogP contribution is 2.25. The zero-order valence-electron chi connectivity index (χ0n) is 14.0. The quantitative estimate of drug-likeness (QED) is 0.836. The van der Waals surface area contributed by atoms with Gasteiger partial charge in [0.1, 0.15) is 6.04 Å². The van der Waals surface area contributed by atoms with E-state index in [1.807, 2.05) is 39.8 Å². The molecule has 0 aromatic heterocycles. The van der Waals surface area contributed by atoms with E-state index in [-0.39, 0.29) is 5.91 Å². The summed E-state index contributed by atoms with van der Waals surface area (Å²) < 4.78 is 25.7. The van der Waals surface area contributed by atoms with Gasteiger partial charge in [0.2, 0.25) is 15.9 Å². The molecule has 1 aromatic carbocycles. The number of sulfonamides is 1. The van der Waals surface area contributed by atoms with Gasteiger partial charge >= 0.3 is 0 Å². The number of benzene rings is 1. The fraction of sp³-hybridized carbons (Fsp3) is 0.562. The van der Waals surface area contributed by atoms with Crippen LogP contribution in [-0.4, -0.2) is 33.2 Å². The Kier molecular flexibility index (Phi) is 6.41. The lowest BCUT2D eigenvalue weighted by Gasteiger charge is -2.30. The number of carbonyl (C=O) groups is 1. The van der Waals surface area contributed by atoms with E-state index in [4.69, 9.17) is 0 Å². The second kappa shape index (κ2) is 7.63. The van der Waals surface area contributed by atoms with Crippen molar-refractivity contribution in [3.63, 3.8) is 0 Å². The molecule has 0 unspecified atom stereocenters. The van der Waals surface area contributed by atoms with Crippen LogP contribution in [0.4, 0.5) is 5.69 Å². The molecule has 0 aliphatic carbocycles. The molecule has 0 saturated heterocycles. The Labute approximate surface area is 133 Å². The maximum atomic E-state index is 12.3. The summed E-state index contributed by atoms with van der Waals surface area (Å²) in [6.07, 6.45) is 2.36. The summed E-state index contributed by atoms with van der Waals surface area (Å²) in [5.74, 6) is -0.256. The first kappa shape index (κ1) is 18.5. The zero-order chi connectivity index (χ0) is 16.9. The van der Waals surface area contributed by atoms with Crippen molar-refractivity contribution in [3.8, 4) is 0 Å². The van der Waals surface area contributed by atoms with E-state index in [0.29, 0.717) is 18.7 Å². The summed E-state index contributed by atoms with van der Waals surface area (Å²) in [4.78, 5) is 12.3. The summed E-state index contributed by atoms with van der Waals surface area (Å²) in [5.41, 5.74) is 2.61. The standard InChI is InChI=1S/C16H26N2O3S/c1-6-10-17-16(19)15(7-2)18(22(5,20)21)14-9-8-12(3)13(4)11-14/h8-9,11,15H,6-7,10H2,1-5H3,(H,17,19)/t15-/m0/s1. The topological polar surface area (TPSA) is 66.5 Å². The Morgan fingerprint density at radius 3 is 2.32 bits per heavy atom. The Hall–Kier alpha value is -1.56. The first-order valence-corrected chi connectivity index (χ1v) is 9.41. The predicted molar refractivity (Wildman–Crippen MR) is 90.6 cm³/mol. The number of hydrogen-bond donors (Lipinski definition) is 1. The van der Waals surface area contributed by atoms with Gasteiger partial charge in [-0.05, 0) is 49.9 Å². The van der Waals surface area contributed by atoms with Gasteiger partial charge in [0, 0.05) is 6.54 Å². The van der Waals surface area contributed by atoms with Crippen LogP contribution < -0.4 is 9.62 Å². The fourth-order valence-electron chi connectivity index (χ4n) is 2.29. The van der Waals surface area contributed by atoms with E-state index in [9.17, 15) is 13.2 Å². The van der Waals surface area contributed by atoms with Gasteiger partial charge in [-0.1, -0.05) is 19.9 Å². The van der Waals surface area contributed by atoms with Crippen LogP contribution in [0.1, 0.15) is 37.8 Å².